The van der Waals surface area contributed by atoms with E-state index < -0.39 is 5.60 Å². The first-order valence-corrected chi connectivity index (χ1v) is 8.08. The van der Waals surface area contributed by atoms with E-state index in [-0.39, 0.29) is 11.8 Å². The fraction of sp³-hybridized carbons (Fsp3) is 0.368. The number of benzene rings is 1. The van der Waals surface area contributed by atoms with Gasteiger partial charge in [-0.1, -0.05) is 36.4 Å². The number of amides is 1. The second-order valence-corrected chi connectivity index (χ2v) is 6.20. The lowest BCUT2D eigenvalue weighted by Gasteiger charge is -2.38. The van der Waals surface area contributed by atoms with Crippen molar-refractivity contribution in [1.29, 1.82) is 0 Å². The lowest BCUT2D eigenvalue weighted by atomic mass is 9.87. The Morgan fingerprint density at radius 3 is 2.39 bits per heavy atom. The molecule has 1 N–H and O–H groups in total. The average molecular weight is 310 g/mol. The molecule has 1 atom stereocenters. The molecule has 1 aliphatic heterocycles. The fourth-order valence-corrected chi connectivity index (χ4v) is 3.15. The number of hydrogen-bond acceptors (Lipinski definition) is 3. The molecule has 4 nitrogen and oxygen atoms in total. The number of pyridine rings is 1. The van der Waals surface area contributed by atoms with Gasteiger partial charge in [-0.2, -0.15) is 0 Å². The van der Waals surface area contributed by atoms with Crippen molar-refractivity contribution in [3.63, 3.8) is 0 Å². The highest BCUT2D eigenvalue weighted by atomic mass is 16.3. The second-order valence-electron chi connectivity index (χ2n) is 6.20. The summed E-state index contributed by atoms with van der Waals surface area (Å²) in [7, 11) is 0. The van der Waals surface area contributed by atoms with Crippen LogP contribution in [0.5, 0.6) is 0 Å². The lowest BCUT2D eigenvalue weighted by Crippen LogP contribution is -2.46. The number of aromatic nitrogens is 1. The number of piperidine rings is 1. The first-order valence-electron chi connectivity index (χ1n) is 8.08. The van der Waals surface area contributed by atoms with Crippen LogP contribution in [0.2, 0.25) is 0 Å². The lowest BCUT2D eigenvalue weighted by molar-refractivity contribution is -0.137. The maximum atomic E-state index is 12.7. The summed E-state index contributed by atoms with van der Waals surface area (Å²) in [6, 6.07) is 15.4. The van der Waals surface area contributed by atoms with Crippen LogP contribution in [0.15, 0.2) is 54.7 Å². The highest BCUT2D eigenvalue weighted by Crippen LogP contribution is 2.32. The fourth-order valence-electron chi connectivity index (χ4n) is 3.15. The quantitative estimate of drug-likeness (QED) is 0.948. The van der Waals surface area contributed by atoms with Crippen LogP contribution in [0.4, 0.5) is 0 Å². The zero-order chi connectivity index (χ0) is 16.3. The van der Waals surface area contributed by atoms with Crippen LogP contribution in [0, 0.1) is 0 Å². The molecule has 1 aliphatic rings. The van der Waals surface area contributed by atoms with Gasteiger partial charge in [0.2, 0.25) is 5.91 Å². The third kappa shape index (κ3) is 3.27. The topological polar surface area (TPSA) is 53.4 Å². The van der Waals surface area contributed by atoms with Gasteiger partial charge in [0.1, 0.15) is 5.60 Å². The second kappa shape index (κ2) is 6.50. The minimum Gasteiger partial charge on any atom is -0.383 e. The molecule has 23 heavy (non-hydrogen) atoms. The molecule has 1 aromatic heterocycles. The molecule has 2 aromatic rings. The third-order valence-corrected chi connectivity index (χ3v) is 4.71. The van der Waals surface area contributed by atoms with Crippen LogP contribution in [-0.4, -0.2) is 34.0 Å². The third-order valence-electron chi connectivity index (χ3n) is 4.71. The van der Waals surface area contributed by atoms with Crippen LogP contribution < -0.4 is 0 Å². The predicted octanol–water partition coefficient (Wildman–Crippen LogP) is 2.70. The van der Waals surface area contributed by atoms with Crippen LogP contribution in [0.1, 0.15) is 36.9 Å². The summed E-state index contributed by atoms with van der Waals surface area (Å²) >= 11 is 0. The summed E-state index contributed by atoms with van der Waals surface area (Å²) in [6.45, 7) is 3.06. The maximum Gasteiger partial charge on any atom is 0.229 e. The smallest absolute Gasteiger partial charge is 0.229 e. The first kappa shape index (κ1) is 15.7. The summed E-state index contributed by atoms with van der Waals surface area (Å²) in [5.41, 5.74) is 0.805. The monoisotopic (exact) mass is 310 g/mol. The van der Waals surface area contributed by atoms with Crippen LogP contribution in [0.25, 0.3) is 0 Å². The van der Waals surface area contributed by atoms with Crippen molar-refractivity contribution in [2.45, 2.75) is 31.3 Å². The molecule has 0 aliphatic carbocycles. The van der Waals surface area contributed by atoms with Gasteiger partial charge >= 0.3 is 0 Å². The summed E-state index contributed by atoms with van der Waals surface area (Å²) in [4.78, 5) is 18.8. The molecule has 0 spiro atoms. The van der Waals surface area contributed by atoms with Gasteiger partial charge in [-0.05, 0) is 37.5 Å². The van der Waals surface area contributed by atoms with Crippen LogP contribution >= 0.6 is 0 Å². The van der Waals surface area contributed by atoms with E-state index in [1.54, 1.807) is 6.20 Å². The average Bonchev–Trinajstić information content (AvgIpc) is 2.63. The maximum absolute atomic E-state index is 12.7. The highest BCUT2D eigenvalue weighted by molar-refractivity contribution is 5.83. The van der Waals surface area contributed by atoms with E-state index >= 15 is 0 Å². The number of likely N-dealkylation sites (tertiary alicyclic amines) is 1. The summed E-state index contributed by atoms with van der Waals surface area (Å²) in [6.07, 6.45) is 2.75. The van der Waals surface area contributed by atoms with E-state index in [9.17, 15) is 9.90 Å². The number of nitrogens with zero attached hydrogens (tertiary/aromatic N) is 2. The van der Waals surface area contributed by atoms with Crippen LogP contribution in [-0.2, 0) is 10.4 Å². The molecule has 1 aromatic carbocycles. The molecule has 4 heteroatoms. The molecular weight excluding hydrogens is 288 g/mol. The van der Waals surface area contributed by atoms with Gasteiger partial charge in [0.15, 0.2) is 0 Å². The van der Waals surface area contributed by atoms with E-state index in [4.69, 9.17) is 0 Å². The zero-order valence-corrected chi connectivity index (χ0v) is 13.4. The van der Waals surface area contributed by atoms with Gasteiger partial charge in [0, 0.05) is 19.3 Å². The summed E-state index contributed by atoms with van der Waals surface area (Å²) in [5.74, 6) is -0.0310. The molecule has 1 fully saturated rings. The van der Waals surface area contributed by atoms with E-state index in [0.717, 1.165) is 5.56 Å². The van der Waals surface area contributed by atoms with E-state index in [1.165, 1.54) is 0 Å². The Bertz CT molecular complexity index is 650. The first-order chi connectivity index (χ1) is 11.1. The van der Waals surface area contributed by atoms with Crippen molar-refractivity contribution in [2.75, 3.05) is 13.1 Å². The van der Waals surface area contributed by atoms with Gasteiger partial charge < -0.3 is 10.0 Å². The van der Waals surface area contributed by atoms with Crippen molar-refractivity contribution >= 4 is 5.91 Å². The molecule has 0 bridgehead atoms. The minimum atomic E-state index is -0.923. The van der Waals surface area contributed by atoms with Crippen molar-refractivity contribution in [2.24, 2.45) is 0 Å². The number of aliphatic hydroxyl groups is 1. The van der Waals surface area contributed by atoms with Gasteiger partial charge in [0.25, 0.3) is 0 Å². The van der Waals surface area contributed by atoms with E-state index in [2.05, 4.69) is 4.98 Å². The van der Waals surface area contributed by atoms with Gasteiger partial charge in [-0.3, -0.25) is 9.78 Å². The Morgan fingerprint density at radius 2 is 1.78 bits per heavy atom. The Balaban J connectivity index is 1.66. The molecule has 1 saturated heterocycles. The Kier molecular flexibility index (Phi) is 4.44. The molecule has 2 heterocycles. The Morgan fingerprint density at radius 1 is 1.13 bits per heavy atom. The molecule has 3 rings (SSSR count). The Hall–Kier alpha value is -2.20. The summed E-state index contributed by atoms with van der Waals surface area (Å²) < 4.78 is 0. The van der Waals surface area contributed by atoms with Crippen LogP contribution in [0.3, 0.4) is 0 Å². The molecule has 0 radical (unpaired) electrons. The molecule has 0 saturated carbocycles. The number of carbonyl (C=O) groups excluding carboxylic acids is 1. The van der Waals surface area contributed by atoms with Gasteiger partial charge in [0.05, 0.1) is 11.6 Å². The number of carbonyl (C=O) groups is 1. The minimum absolute atomic E-state index is 0.124. The largest absolute Gasteiger partial charge is 0.383 e. The predicted molar refractivity (Wildman–Crippen MR) is 88.8 cm³/mol. The summed E-state index contributed by atoms with van der Waals surface area (Å²) in [5, 5.41) is 10.8. The molecule has 0 unspecified atom stereocenters. The standard InChI is InChI=1S/C19H22N2O2/c1-15(16-7-3-2-4-8-16)18(22)21-13-10-19(23,11-14-21)17-9-5-6-12-20-17/h2-9,12,15,23H,10-11,13-14H2,1H3/t15-/m0/s1. The van der Waals surface area contributed by atoms with Crippen molar-refractivity contribution in [1.82, 2.24) is 9.88 Å². The van der Waals surface area contributed by atoms with E-state index in [1.807, 2.05) is 60.4 Å². The normalized spacial score (nSPS) is 18.4. The van der Waals surface area contributed by atoms with Crippen molar-refractivity contribution < 1.29 is 9.90 Å². The number of rotatable bonds is 3. The van der Waals surface area contributed by atoms with Gasteiger partial charge in [-0.25, -0.2) is 0 Å². The molecule has 1 amide bonds. The van der Waals surface area contributed by atoms with Crippen molar-refractivity contribution in [3.8, 4) is 0 Å². The molecular formula is C19H22N2O2. The Labute approximate surface area is 136 Å². The van der Waals surface area contributed by atoms with E-state index in [0.29, 0.717) is 31.6 Å². The SMILES string of the molecule is C[C@H](C(=O)N1CCC(O)(c2ccccn2)CC1)c1ccccc1. The zero-order valence-electron chi connectivity index (χ0n) is 13.4. The molecule has 120 valence electrons. The van der Waals surface area contributed by atoms with Gasteiger partial charge in [-0.15, -0.1) is 0 Å². The highest BCUT2D eigenvalue weighted by Gasteiger charge is 2.37. The number of hydrogen-bond donors (Lipinski definition) is 1. The van der Waals surface area contributed by atoms with Crippen molar-refractivity contribution in [3.05, 3.63) is 66.0 Å².